The molecule has 9 nitrogen and oxygen atoms in total. The molecule has 9 heteroatoms. The molecule has 0 bridgehead atoms. The molecule has 29 heavy (non-hydrogen) atoms. The highest BCUT2D eigenvalue weighted by atomic mass is 16.6. The number of imide groups is 1. The van der Waals surface area contributed by atoms with Crippen LogP contribution < -0.4 is 0 Å². The van der Waals surface area contributed by atoms with Crippen LogP contribution in [0.2, 0.25) is 0 Å². The van der Waals surface area contributed by atoms with Crippen molar-refractivity contribution in [2.75, 3.05) is 6.61 Å². The minimum absolute atomic E-state index is 0.0219. The number of nitrogens with zero attached hydrogens (tertiary/aromatic N) is 2. The lowest BCUT2D eigenvalue weighted by atomic mass is 10.0. The molecule has 1 fully saturated rings. The van der Waals surface area contributed by atoms with Gasteiger partial charge in [0.2, 0.25) is 0 Å². The van der Waals surface area contributed by atoms with Crippen LogP contribution >= 0.6 is 0 Å². The van der Waals surface area contributed by atoms with Crippen molar-refractivity contribution in [2.45, 2.75) is 90.5 Å². The first-order valence-corrected chi connectivity index (χ1v) is 9.62. The molecule has 2 rings (SSSR count). The molecule has 0 aromatic heterocycles. The van der Waals surface area contributed by atoms with E-state index in [4.69, 9.17) is 14.2 Å². The number of carbonyl (C=O) groups is 3. The first-order chi connectivity index (χ1) is 13.0. The Balaban J connectivity index is 2.27. The van der Waals surface area contributed by atoms with Gasteiger partial charge in [-0.2, -0.15) is 0 Å². The smallest absolute Gasteiger partial charge is 0.417 e. The summed E-state index contributed by atoms with van der Waals surface area (Å²) in [5, 5.41) is 11.1. The van der Waals surface area contributed by atoms with Gasteiger partial charge in [-0.3, -0.25) is 9.69 Å². The van der Waals surface area contributed by atoms with Gasteiger partial charge in [0.05, 0.1) is 18.7 Å². The number of hydrogen-bond donors (Lipinski definition) is 1. The van der Waals surface area contributed by atoms with Crippen molar-refractivity contribution in [3.8, 4) is 0 Å². The summed E-state index contributed by atoms with van der Waals surface area (Å²) in [5.74, 6) is -0.592. The first kappa shape index (κ1) is 23.2. The maximum Gasteiger partial charge on any atom is 0.417 e. The van der Waals surface area contributed by atoms with Gasteiger partial charge in [0, 0.05) is 6.08 Å². The van der Waals surface area contributed by atoms with Gasteiger partial charge in [-0.1, -0.05) is 6.08 Å². The molecule has 1 N–H and O–H groups in total. The highest BCUT2D eigenvalue weighted by molar-refractivity contribution is 6.01. The summed E-state index contributed by atoms with van der Waals surface area (Å²) < 4.78 is 16.5. The Morgan fingerprint density at radius 2 is 1.66 bits per heavy atom. The van der Waals surface area contributed by atoms with E-state index in [2.05, 4.69) is 0 Å². The van der Waals surface area contributed by atoms with Crippen LogP contribution in [0, 0.1) is 0 Å². The number of ether oxygens (including phenoxy) is 3. The van der Waals surface area contributed by atoms with Gasteiger partial charge in [0.15, 0.2) is 0 Å². The van der Waals surface area contributed by atoms with Crippen molar-refractivity contribution in [1.82, 2.24) is 9.80 Å². The van der Waals surface area contributed by atoms with E-state index in [1.165, 1.54) is 17.1 Å². The van der Waals surface area contributed by atoms with Crippen molar-refractivity contribution in [1.29, 1.82) is 0 Å². The summed E-state index contributed by atoms with van der Waals surface area (Å²) in [4.78, 5) is 39.7. The van der Waals surface area contributed by atoms with Crippen LogP contribution in [0.25, 0.3) is 0 Å². The van der Waals surface area contributed by atoms with Gasteiger partial charge < -0.3 is 19.3 Å². The summed E-state index contributed by atoms with van der Waals surface area (Å²) in [6, 6.07) is -1.82. The molecule has 164 valence electrons. The largest absolute Gasteiger partial charge is 0.444 e. The molecule has 0 aromatic carbocycles. The molecule has 0 radical (unpaired) electrons. The van der Waals surface area contributed by atoms with Crippen LogP contribution in [0.4, 0.5) is 9.59 Å². The first-order valence-electron chi connectivity index (χ1n) is 9.62. The zero-order chi connectivity index (χ0) is 22.4. The monoisotopic (exact) mass is 412 g/mol. The van der Waals surface area contributed by atoms with E-state index in [0.717, 1.165) is 4.90 Å². The van der Waals surface area contributed by atoms with E-state index >= 15 is 0 Å². The highest BCUT2D eigenvalue weighted by Gasteiger charge is 2.52. The van der Waals surface area contributed by atoms with Crippen molar-refractivity contribution < 1.29 is 33.7 Å². The van der Waals surface area contributed by atoms with E-state index < -0.39 is 53.2 Å². The number of hydrogen-bond acceptors (Lipinski definition) is 7. The maximum absolute atomic E-state index is 12.8. The highest BCUT2D eigenvalue weighted by Crippen LogP contribution is 2.33. The Labute approximate surface area is 171 Å². The minimum atomic E-state index is -1.29. The third-order valence-corrected chi connectivity index (χ3v) is 4.42. The van der Waals surface area contributed by atoms with Crippen LogP contribution in [0.5, 0.6) is 0 Å². The minimum Gasteiger partial charge on any atom is -0.444 e. The van der Waals surface area contributed by atoms with Crippen LogP contribution in [0.15, 0.2) is 12.2 Å². The van der Waals surface area contributed by atoms with Crippen molar-refractivity contribution >= 4 is 18.1 Å². The van der Waals surface area contributed by atoms with E-state index in [9.17, 15) is 19.5 Å². The van der Waals surface area contributed by atoms with Gasteiger partial charge in [-0.05, 0) is 55.4 Å². The third kappa shape index (κ3) is 5.27. The fourth-order valence-corrected chi connectivity index (χ4v) is 3.26. The van der Waals surface area contributed by atoms with Crippen LogP contribution in [-0.2, 0) is 19.0 Å². The van der Waals surface area contributed by atoms with Gasteiger partial charge in [0.1, 0.15) is 23.0 Å². The molecule has 0 spiro atoms. The van der Waals surface area contributed by atoms with Crippen molar-refractivity contribution in [2.24, 2.45) is 0 Å². The molecule has 0 aromatic rings. The molecule has 0 aliphatic carbocycles. The lowest BCUT2D eigenvalue weighted by molar-refractivity contribution is -0.127. The lowest BCUT2D eigenvalue weighted by Crippen LogP contribution is -2.58. The standard InChI is InChI=1S/C20H32N2O7/c1-18(2,3)28-16(25)21-12(9-10-14(21)23)15(24)13-11-27-20(7,8)22(13)17(26)29-19(4,5)6/h9-10,12-13,15,24H,11H2,1-8H3/t12-,13-,15+/m0/s1. The molecular weight excluding hydrogens is 380 g/mol. The topological polar surface area (TPSA) is 106 Å². The number of aliphatic hydroxyl groups is 1. The van der Waals surface area contributed by atoms with Gasteiger partial charge in [-0.25, -0.2) is 14.5 Å². The van der Waals surface area contributed by atoms with E-state index in [-0.39, 0.29) is 6.61 Å². The van der Waals surface area contributed by atoms with Gasteiger partial charge in [0.25, 0.3) is 5.91 Å². The second-order valence-electron chi connectivity index (χ2n) is 9.70. The average molecular weight is 412 g/mol. The Hall–Kier alpha value is -2.13. The molecule has 0 unspecified atom stereocenters. The Kier molecular flexibility index (Phi) is 6.07. The lowest BCUT2D eigenvalue weighted by Gasteiger charge is -2.38. The number of amides is 3. The Bertz CT molecular complexity index is 703. The Morgan fingerprint density at radius 1 is 1.14 bits per heavy atom. The zero-order valence-electron chi connectivity index (χ0n) is 18.4. The van der Waals surface area contributed by atoms with Crippen LogP contribution in [0.1, 0.15) is 55.4 Å². The predicted molar refractivity (Wildman–Crippen MR) is 104 cm³/mol. The predicted octanol–water partition coefficient (Wildman–Crippen LogP) is 2.42. The van der Waals surface area contributed by atoms with E-state index in [1.54, 1.807) is 55.4 Å². The molecule has 2 aliphatic heterocycles. The third-order valence-electron chi connectivity index (χ3n) is 4.42. The number of carbonyl (C=O) groups excluding carboxylic acids is 3. The molecular formula is C20H32N2O7. The summed E-state index contributed by atoms with van der Waals surface area (Å²) in [6.07, 6.45) is -0.175. The summed E-state index contributed by atoms with van der Waals surface area (Å²) in [5.41, 5.74) is -2.58. The summed E-state index contributed by atoms with van der Waals surface area (Å²) in [6.45, 7) is 13.7. The normalized spacial score (nSPS) is 25.3. The van der Waals surface area contributed by atoms with Gasteiger partial charge in [-0.15, -0.1) is 0 Å². The Morgan fingerprint density at radius 3 is 2.17 bits per heavy atom. The quantitative estimate of drug-likeness (QED) is 0.742. The molecule has 2 aliphatic rings. The summed E-state index contributed by atoms with van der Waals surface area (Å²) >= 11 is 0. The maximum atomic E-state index is 12.8. The van der Waals surface area contributed by atoms with Crippen molar-refractivity contribution in [3.63, 3.8) is 0 Å². The second-order valence-corrected chi connectivity index (χ2v) is 9.70. The molecule has 1 saturated heterocycles. The number of rotatable bonds is 2. The van der Waals surface area contributed by atoms with Crippen molar-refractivity contribution in [3.05, 3.63) is 12.2 Å². The van der Waals surface area contributed by atoms with Crippen LogP contribution in [0.3, 0.4) is 0 Å². The fourth-order valence-electron chi connectivity index (χ4n) is 3.26. The zero-order valence-corrected chi connectivity index (χ0v) is 18.4. The molecule has 2 heterocycles. The molecule has 3 amide bonds. The second kappa shape index (κ2) is 7.60. The summed E-state index contributed by atoms with van der Waals surface area (Å²) in [7, 11) is 0. The van der Waals surface area contributed by atoms with Gasteiger partial charge >= 0.3 is 12.2 Å². The SMILES string of the molecule is CC(C)(C)OC(=O)N1C(=O)C=C[C@H]1[C@@H](O)[C@@H]1COC(C)(C)N1C(=O)OC(C)(C)C. The molecule has 0 saturated carbocycles. The average Bonchev–Trinajstić information content (AvgIpc) is 3.02. The van der Waals surface area contributed by atoms with Crippen LogP contribution in [-0.4, -0.2) is 74.7 Å². The van der Waals surface area contributed by atoms with E-state index in [0.29, 0.717) is 0 Å². The molecule has 3 atom stereocenters. The number of aliphatic hydroxyl groups excluding tert-OH is 1. The van der Waals surface area contributed by atoms with E-state index in [1.807, 2.05) is 0 Å². The fraction of sp³-hybridized carbons (Fsp3) is 0.750.